The van der Waals surface area contributed by atoms with Crippen molar-refractivity contribution in [1.82, 2.24) is 0 Å². The average molecular weight is 434 g/mol. The Kier molecular flexibility index (Phi) is 4.95. The molecular weight excluding hydrogens is 416 g/mol. The van der Waals surface area contributed by atoms with E-state index in [0.717, 1.165) is 5.56 Å². The van der Waals surface area contributed by atoms with Crippen molar-refractivity contribution in [3.8, 4) is 28.4 Å². The minimum Gasteiger partial charge on any atom is -0.486 e. The molecule has 0 spiro atoms. The van der Waals surface area contributed by atoms with Crippen LogP contribution in [-0.4, -0.2) is 19.2 Å². The molecule has 0 unspecified atom stereocenters. The van der Waals surface area contributed by atoms with E-state index in [1.165, 1.54) is 17.6 Å². The van der Waals surface area contributed by atoms with E-state index in [1.54, 1.807) is 36.4 Å². The van der Waals surface area contributed by atoms with Gasteiger partial charge in [0.05, 0.1) is 10.9 Å². The molecule has 0 amide bonds. The molecule has 0 radical (unpaired) electrons. The van der Waals surface area contributed by atoms with Gasteiger partial charge in [0.15, 0.2) is 11.5 Å². The predicted octanol–water partition coefficient (Wildman–Crippen LogP) is 5.07. The summed E-state index contributed by atoms with van der Waals surface area (Å²) in [6, 6.07) is 12.2. The van der Waals surface area contributed by atoms with E-state index in [-0.39, 0.29) is 5.43 Å². The maximum absolute atomic E-state index is 13.2. The predicted molar refractivity (Wildman–Crippen MR) is 118 cm³/mol. The number of carbonyl (C=O) groups excluding carboxylic acids is 1. The second kappa shape index (κ2) is 7.92. The number of benzene rings is 2. The van der Waals surface area contributed by atoms with Crippen molar-refractivity contribution in [2.24, 2.45) is 0 Å². The van der Waals surface area contributed by atoms with Gasteiger partial charge in [-0.25, -0.2) is 4.79 Å². The minimum absolute atomic E-state index is 0.163. The Hall–Kier alpha value is -3.58. The third-order valence-electron chi connectivity index (χ3n) is 5.11. The molecule has 2 aromatic carbocycles. The summed E-state index contributed by atoms with van der Waals surface area (Å²) in [5.74, 6) is 1.22. The first kappa shape index (κ1) is 19.4. The lowest BCUT2D eigenvalue weighted by Crippen LogP contribution is -2.15. The molecule has 3 heterocycles. The highest BCUT2D eigenvalue weighted by atomic mass is 32.1. The number of ether oxygens (including phenoxy) is 3. The molecule has 5 rings (SSSR count). The summed E-state index contributed by atoms with van der Waals surface area (Å²) < 4.78 is 22.5. The third-order valence-corrected chi connectivity index (χ3v) is 5.96. The maximum atomic E-state index is 13.2. The Morgan fingerprint density at radius 1 is 1.10 bits per heavy atom. The number of hydrogen-bond acceptors (Lipinski definition) is 7. The van der Waals surface area contributed by atoms with Crippen LogP contribution in [0.4, 0.5) is 0 Å². The molecule has 0 saturated heterocycles. The molecule has 0 bridgehead atoms. The number of fused-ring (bicyclic) bond motifs is 2. The molecule has 7 heteroatoms. The van der Waals surface area contributed by atoms with E-state index in [9.17, 15) is 9.59 Å². The summed E-state index contributed by atoms with van der Waals surface area (Å²) in [5.41, 5.74) is 2.06. The highest BCUT2D eigenvalue weighted by Crippen LogP contribution is 2.34. The summed E-state index contributed by atoms with van der Waals surface area (Å²) in [5, 5.41) is 2.25. The summed E-state index contributed by atoms with van der Waals surface area (Å²) in [6.07, 6.45) is 2.02. The van der Waals surface area contributed by atoms with Crippen molar-refractivity contribution >= 4 is 28.3 Å². The molecule has 6 nitrogen and oxygen atoms in total. The van der Waals surface area contributed by atoms with Gasteiger partial charge in [0.1, 0.15) is 35.7 Å². The quantitative estimate of drug-likeness (QED) is 0.330. The second-order valence-electron chi connectivity index (χ2n) is 7.01. The van der Waals surface area contributed by atoms with Crippen molar-refractivity contribution in [2.75, 3.05) is 13.2 Å². The van der Waals surface area contributed by atoms with Gasteiger partial charge < -0.3 is 18.6 Å². The van der Waals surface area contributed by atoms with Gasteiger partial charge in [0.25, 0.3) is 0 Å². The van der Waals surface area contributed by atoms with Crippen molar-refractivity contribution in [3.63, 3.8) is 0 Å². The Bertz CT molecular complexity index is 1340. The van der Waals surface area contributed by atoms with Gasteiger partial charge in [-0.05, 0) is 47.2 Å². The zero-order valence-electron chi connectivity index (χ0n) is 16.7. The molecule has 0 fully saturated rings. The van der Waals surface area contributed by atoms with Crippen LogP contribution in [0.3, 0.4) is 0 Å². The van der Waals surface area contributed by atoms with Crippen LogP contribution in [0.5, 0.6) is 17.2 Å². The van der Waals surface area contributed by atoms with Crippen molar-refractivity contribution < 1.29 is 23.4 Å². The lowest BCUT2D eigenvalue weighted by Gasteiger charge is -2.18. The highest BCUT2D eigenvalue weighted by molar-refractivity contribution is 7.12. The number of aryl methyl sites for hydroxylation is 1. The van der Waals surface area contributed by atoms with Crippen LogP contribution in [-0.2, 0) is 6.42 Å². The molecule has 1 aliphatic heterocycles. The van der Waals surface area contributed by atoms with Crippen molar-refractivity contribution in [3.05, 3.63) is 74.8 Å². The molecule has 4 aromatic rings. The van der Waals surface area contributed by atoms with Crippen LogP contribution >= 0.6 is 11.3 Å². The molecule has 0 N–H and O–H groups in total. The number of hydrogen-bond donors (Lipinski definition) is 0. The smallest absolute Gasteiger partial charge is 0.353 e. The normalized spacial score (nSPS) is 12.7. The van der Waals surface area contributed by atoms with E-state index in [2.05, 4.69) is 0 Å². The highest BCUT2D eigenvalue weighted by Gasteiger charge is 2.18. The molecule has 156 valence electrons. The summed E-state index contributed by atoms with van der Waals surface area (Å²) in [7, 11) is 0. The van der Waals surface area contributed by atoms with Gasteiger partial charge in [-0.2, -0.15) is 0 Å². The number of thiophene rings is 1. The van der Waals surface area contributed by atoms with Crippen LogP contribution in [0.25, 0.3) is 22.1 Å². The summed E-state index contributed by atoms with van der Waals surface area (Å²) in [4.78, 5) is 26.1. The fraction of sp³-hybridized carbons (Fsp3) is 0.167. The Morgan fingerprint density at radius 3 is 2.71 bits per heavy atom. The monoisotopic (exact) mass is 434 g/mol. The van der Waals surface area contributed by atoms with Gasteiger partial charge in [-0.1, -0.05) is 19.1 Å². The van der Waals surface area contributed by atoms with E-state index in [4.69, 9.17) is 18.6 Å². The van der Waals surface area contributed by atoms with E-state index in [1.807, 2.05) is 18.4 Å². The fourth-order valence-electron chi connectivity index (χ4n) is 3.53. The van der Waals surface area contributed by atoms with E-state index >= 15 is 0 Å². The van der Waals surface area contributed by atoms with Crippen LogP contribution in [0.15, 0.2) is 63.3 Å². The first-order valence-corrected chi connectivity index (χ1v) is 10.8. The molecule has 1 aliphatic rings. The lowest BCUT2D eigenvalue weighted by atomic mass is 10.0. The number of carbonyl (C=O) groups is 1. The first-order valence-electron chi connectivity index (χ1n) is 9.88. The first-order chi connectivity index (χ1) is 15.1. The van der Waals surface area contributed by atoms with Crippen LogP contribution in [0.1, 0.15) is 22.2 Å². The van der Waals surface area contributed by atoms with Crippen LogP contribution in [0.2, 0.25) is 0 Å². The van der Waals surface area contributed by atoms with E-state index < -0.39 is 5.97 Å². The van der Waals surface area contributed by atoms with Gasteiger partial charge in [-0.3, -0.25) is 4.79 Å². The zero-order chi connectivity index (χ0) is 21.4. The molecule has 31 heavy (non-hydrogen) atoms. The second-order valence-corrected chi connectivity index (χ2v) is 7.96. The molecule has 0 atom stereocenters. The molecule has 0 saturated carbocycles. The molecule has 2 aromatic heterocycles. The molecule has 0 aliphatic carbocycles. The zero-order valence-corrected chi connectivity index (χ0v) is 17.5. The topological polar surface area (TPSA) is 75.0 Å². The standard InChI is InChI=1S/C24H18O6S/c1-2-14-10-16-20(12-19(14)30-24(26)22-4-3-9-31-22)29-13-17(23(16)25)15-5-6-18-21(11-15)28-8-7-27-18/h3-6,9-13H,2,7-8H2,1H3. The SMILES string of the molecule is CCc1cc2c(=O)c(-c3ccc4c(c3)OCCO4)coc2cc1OC(=O)c1cccs1. The lowest BCUT2D eigenvalue weighted by molar-refractivity contribution is 0.0738. The Balaban J connectivity index is 1.56. The van der Waals surface area contributed by atoms with Gasteiger partial charge >= 0.3 is 5.97 Å². The third kappa shape index (κ3) is 3.57. The van der Waals surface area contributed by atoms with Crippen molar-refractivity contribution in [1.29, 1.82) is 0 Å². The average Bonchev–Trinajstić information content (AvgIpc) is 3.34. The van der Waals surface area contributed by atoms with Crippen LogP contribution < -0.4 is 19.6 Å². The number of esters is 1. The number of rotatable bonds is 4. The van der Waals surface area contributed by atoms with Crippen molar-refractivity contribution in [2.45, 2.75) is 13.3 Å². The van der Waals surface area contributed by atoms with Crippen LogP contribution in [0, 0.1) is 0 Å². The Labute approximate surface area is 181 Å². The fourth-order valence-corrected chi connectivity index (χ4v) is 4.13. The van der Waals surface area contributed by atoms with Gasteiger partial charge in [-0.15, -0.1) is 11.3 Å². The van der Waals surface area contributed by atoms with E-state index in [0.29, 0.717) is 63.9 Å². The minimum atomic E-state index is -0.431. The Morgan fingerprint density at radius 2 is 1.94 bits per heavy atom. The summed E-state index contributed by atoms with van der Waals surface area (Å²) in [6.45, 7) is 2.91. The van der Waals surface area contributed by atoms with Gasteiger partial charge in [0.2, 0.25) is 5.43 Å². The largest absolute Gasteiger partial charge is 0.486 e. The van der Waals surface area contributed by atoms with Gasteiger partial charge in [0, 0.05) is 6.07 Å². The molecular formula is C24H18O6S. The summed E-state index contributed by atoms with van der Waals surface area (Å²) >= 11 is 1.31. The maximum Gasteiger partial charge on any atom is 0.353 e.